The van der Waals surface area contributed by atoms with Crippen LogP contribution in [0.4, 0.5) is 0 Å². The van der Waals surface area contributed by atoms with Crippen molar-refractivity contribution in [3.63, 3.8) is 0 Å². The second-order valence-electron chi connectivity index (χ2n) is 29.2. The third kappa shape index (κ3) is 11.2. The van der Waals surface area contributed by atoms with Gasteiger partial charge in [-0.15, -0.1) is 6.42 Å². The normalized spacial score (nSPS) is 12.8. The summed E-state index contributed by atoms with van der Waals surface area (Å²) in [5.74, 6) is 20.4. The van der Waals surface area contributed by atoms with E-state index in [2.05, 4.69) is 263 Å². The maximum absolute atomic E-state index is 5.47. The number of hydrogen-bond acceptors (Lipinski definition) is 0. The maximum atomic E-state index is 5.47. The second kappa shape index (κ2) is 24.8. The smallest absolute Gasteiger partial charge is 0.0264 e. The Morgan fingerprint density at radius 1 is 0.363 bits per heavy atom. The van der Waals surface area contributed by atoms with E-state index >= 15 is 0 Å². The second-order valence-corrected chi connectivity index (χ2v) is 29.2. The van der Waals surface area contributed by atoms with Crippen LogP contribution in [0.1, 0.15) is 198 Å². The Labute approximate surface area is 543 Å². The van der Waals surface area contributed by atoms with Gasteiger partial charge in [-0.2, -0.15) is 0 Å². The first-order chi connectivity index (χ1) is 44.0. The average molecular weight is 1180 g/mol. The van der Waals surface area contributed by atoms with Crippen molar-refractivity contribution in [1.29, 1.82) is 0 Å². The molecular formula is C91H88. The van der Waals surface area contributed by atoms with Gasteiger partial charge < -0.3 is 0 Å². The molecule has 12 aromatic rings. The minimum absolute atomic E-state index is 0.0352. The van der Waals surface area contributed by atoms with Crippen LogP contribution >= 0.6 is 0 Å². The van der Waals surface area contributed by atoms with Gasteiger partial charge in [0.25, 0.3) is 0 Å². The molecule has 91 heavy (non-hydrogen) atoms. The molecule has 0 saturated carbocycles. The Morgan fingerprint density at radius 3 is 1.55 bits per heavy atom. The summed E-state index contributed by atoms with van der Waals surface area (Å²) >= 11 is 0. The molecule has 0 atom stereocenters. The molecule has 0 saturated heterocycles. The number of hydrogen-bond donors (Lipinski definition) is 0. The molecule has 452 valence electrons. The molecule has 1 aliphatic rings. The highest BCUT2D eigenvalue weighted by atomic mass is 14.4. The van der Waals surface area contributed by atoms with Crippen molar-refractivity contribution in [3.05, 3.63) is 190 Å². The summed E-state index contributed by atoms with van der Waals surface area (Å²) in [7, 11) is 0. The molecule has 0 unspecified atom stereocenters. The van der Waals surface area contributed by atoms with Crippen LogP contribution in [0.15, 0.2) is 146 Å². The summed E-state index contributed by atoms with van der Waals surface area (Å²) in [5, 5.41) is 18.4. The maximum Gasteiger partial charge on any atom is 0.0264 e. The first-order valence-electron chi connectivity index (χ1n) is 34.4. The minimum Gasteiger partial charge on any atom is -0.106 e. The molecule has 0 heterocycles. The molecule has 0 N–H and O–H groups in total. The van der Waals surface area contributed by atoms with Crippen LogP contribution in [0.2, 0.25) is 0 Å². The molecule has 0 aromatic heterocycles. The van der Waals surface area contributed by atoms with Gasteiger partial charge in [0.2, 0.25) is 0 Å². The van der Waals surface area contributed by atoms with E-state index in [1.54, 1.807) is 0 Å². The monoisotopic (exact) mass is 1180 g/mol. The first-order valence-corrected chi connectivity index (χ1v) is 34.4. The van der Waals surface area contributed by atoms with Gasteiger partial charge in [0.1, 0.15) is 0 Å². The van der Waals surface area contributed by atoms with Crippen LogP contribution in [0.25, 0.3) is 120 Å². The quantitative estimate of drug-likeness (QED) is 0.0456. The summed E-state index contributed by atoms with van der Waals surface area (Å²) in [4.78, 5) is 0. The van der Waals surface area contributed by atoms with E-state index in [0.29, 0.717) is 0 Å². The van der Waals surface area contributed by atoms with E-state index in [9.17, 15) is 0 Å². The zero-order chi connectivity index (χ0) is 63.3. The van der Waals surface area contributed by atoms with E-state index in [1.165, 1.54) is 229 Å². The van der Waals surface area contributed by atoms with Gasteiger partial charge in [-0.1, -0.05) is 255 Å². The van der Waals surface area contributed by atoms with Gasteiger partial charge in [0, 0.05) is 11.0 Å². The summed E-state index contributed by atoms with van der Waals surface area (Å²) in [5.41, 5.74) is 21.0. The van der Waals surface area contributed by atoms with Crippen LogP contribution in [-0.2, 0) is 35.5 Å². The van der Waals surface area contributed by atoms with Crippen molar-refractivity contribution < 1.29 is 0 Å². The molecule has 0 amide bonds. The van der Waals surface area contributed by atoms with Crippen molar-refractivity contribution in [2.24, 2.45) is 0 Å². The molecule has 0 radical (unpaired) electrons. The Morgan fingerprint density at radius 2 is 0.923 bits per heavy atom. The predicted octanol–water partition coefficient (Wildman–Crippen LogP) is 24.9. The third-order valence-electron chi connectivity index (χ3n) is 20.4. The number of unbranched alkanes of at least 4 members (excludes halogenated alkanes) is 9. The lowest BCUT2D eigenvalue weighted by molar-refractivity contribution is 0.580. The predicted molar refractivity (Wildman–Crippen MR) is 397 cm³/mol. The van der Waals surface area contributed by atoms with Gasteiger partial charge in [-0.3, -0.25) is 0 Å². The van der Waals surface area contributed by atoms with E-state index in [1.807, 2.05) is 0 Å². The van der Waals surface area contributed by atoms with Gasteiger partial charge >= 0.3 is 0 Å². The lowest BCUT2D eigenvalue weighted by Gasteiger charge is -2.27. The lowest BCUT2D eigenvalue weighted by atomic mass is 9.76. The van der Waals surface area contributed by atoms with E-state index < -0.39 is 0 Å². The van der Waals surface area contributed by atoms with Gasteiger partial charge in [0.15, 0.2) is 0 Å². The highest BCUT2D eigenvalue weighted by Crippen LogP contribution is 2.58. The van der Waals surface area contributed by atoms with Crippen molar-refractivity contribution in [2.75, 3.05) is 0 Å². The molecule has 0 spiro atoms. The molecule has 13 rings (SSSR count). The van der Waals surface area contributed by atoms with Crippen LogP contribution in [0, 0.1) is 47.9 Å². The summed E-state index contributed by atoms with van der Waals surface area (Å²) < 4.78 is 0. The highest BCUT2D eigenvalue weighted by molar-refractivity contribution is 6.45. The van der Waals surface area contributed by atoms with Crippen molar-refractivity contribution >= 4 is 75.4 Å². The minimum atomic E-state index is -0.176. The number of benzene rings is 10. The van der Waals surface area contributed by atoms with Crippen molar-refractivity contribution in [2.45, 2.75) is 189 Å². The van der Waals surface area contributed by atoms with E-state index in [4.69, 9.17) is 6.42 Å². The van der Waals surface area contributed by atoms with Crippen LogP contribution < -0.4 is 0 Å². The van der Waals surface area contributed by atoms with Crippen LogP contribution in [-0.4, -0.2) is 0 Å². The standard InChI is InChI=1S/C91H88/c1-13-17-21-25-26-30-37-60-48-59(34-27-22-18-14-2)50-65(51-60)82-78-58-77-76-54-64(75-55-68(90(8,9)10)57-80-85(75)71-47-45-67(89(5,6)7)56-79(71)91(80,11)12)44-46-69(76)70-40-33-43-74(84(70)77)86(78)83(88-73-42-32-39-63-38-31-41-72(81(63)73)87(82)88)66-52-61(35-28-23-19-15-3)49-62(53-66)36-29-24-20-16-4/h1,31-33,38-58H,14-16,18-20,22-24,27-29,34-36H2,2-12H3. The van der Waals surface area contributed by atoms with Gasteiger partial charge in [-0.05, 0) is 274 Å². The Balaban J connectivity index is 1.18. The number of fused-ring (bicyclic) bond motifs is 11. The van der Waals surface area contributed by atoms with Crippen LogP contribution in [0.5, 0.6) is 0 Å². The summed E-state index contributed by atoms with van der Waals surface area (Å²) in [6, 6.07) is 58.8. The van der Waals surface area contributed by atoms with Crippen molar-refractivity contribution in [1.82, 2.24) is 0 Å². The molecular weight excluding hydrogens is 1090 g/mol. The Kier molecular flexibility index (Phi) is 16.6. The molecule has 0 heteroatoms. The number of rotatable bonds is 18. The fraction of sp³-hybridized carbons (Fsp3) is 0.319. The number of aryl methyl sites for hydroxylation is 3. The zero-order valence-electron chi connectivity index (χ0n) is 56.0. The lowest BCUT2D eigenvalue weighted by Crippen LogP contribution is -2.19. The molecule has 1 aliphatic carbocycles. The zero-order valence-corrected chi connectivity index (χ0v) is 56.0. The van der Waals surface area contributed by atoms with Crippen LogP contribution in [0.3, 0.4) is 0 Å². The fourth-order valence-corrected chi connectivity index (χ4v) is 15.7. The summed E-state index contributed by atoms with van der Waals surface area (Å²) in [6.07, 6.45) is 23.2. The van der Waals surface area contributed by atoms with Crippen molar-refractivity contribution in [3.8, 4) is 92.4 Å². The van der Waals surface area contributed by atoms with E-state index in [0.717, 1.165) is 31.2 Å². The Bertz CT molecular complexity index is 5030. The molecule has 12 aromatic carbocycles. The van der Waals surface area contributed by atoms with E-state index in [-0.39, 0.29) is 16.2 Å². The largest absolute Gasteiger partial charge is 0.106 e. The highest BCUT2D eigenvalue weighted by Gasteiger charge is 2.39. The fourth-order valence-electron chi connectivity index (χ4n) is 15.7. The Hall–Kier alpha value is -8.78. The topological polar surface area (TPSA) is 0 Å². The molecule has 0 nitrogen and oxygen atoms in total. The average Bonchev–Trinajstić information content (AvgIpc) is 1.57. The molecule has 0 bridgehead atoms. The SMILES string of the molecule is C#CC#CC#CC#Cc1cc(CCCCCC)cc(-c2c3cc4c5cc(-c6cc(C(C)(C)C)cc7c6-c6ccc(C(C)(C)C)cc6C7(C)C)ccc5c5cccc(c3c(-c3cc(CCCCCC)cc(CCCCCC)c3)c3c6cccc7cccc(c23)c76)c54)c1. The summed E-state index contributed by atoms with van der Waals surface area (Å²) in [6.45, 7) is 26.0. The van der Waals surface area contributed by atoms with Gasteiger partial charge in [-0.25, -0.2) is 0 Å². The first kappa shape index (κ1) is 61.1. The molecule has 0 aliphatic heterocycles. The van der Waals surface area contributed by atoms with Gasteiger partial charge in [0.05, 0.1) is 0 Å². The third-order valence-corrected chi connectivity index (χ3v) is 20.4. The number of terminal acetylenes is 1. The molecule has 0 fully saturated rings.